The molecule has 1 fully saturated rings. The molecule has 0 spiro atoms. The van der Waals surface area contributed by atoms with Gasteiger partial charge in [0.1, 0.15) is 0 Å². The van der Waals surface area contributed by atoms with Gasteiger partial charge in [-0.2, -0.15) is 0 Å². The van der Waals surface area contributed by atoms with Gasteiger partial charge in [-0.25, -0.2) is 0 Å². The number of hydrogen-bond donors (Lipinski definition) is 1. The normalized spacial score (nSPS) is 16.1. The average Bonchev–Trinajstić information content (AvgIpc) is 2.68. The van der Waals surface area contributed by atoms with Crippen molar-refractivity contribution in [3.05, 3.63) is 63.6 Å². The topological polar surface area (TPSA) is 32.3 Å². The first kappa shape index (κ1) is 21.0. The summed E-state index contributed by atoms with van der Waals surface area (Å²) in [7, 11) is 0. The van der Waals surface area contributed by atoms with Crippen molar-refractivity contribution in [3.63, 3.8) is 0 Å². The molecule has 0 bridgehead atoms. The van der Waals surface area contributed by atoms with Gasteiger partial charge in [0, 0.05) is 35.2 Å². The van der Waals surface area contributed by atoms with Crippen LogP contribution in [0, 0.1) is 5.92 Å². The van der Waals surface area contributed by atoms with Crippen molar-refractivity contribution in [1.82, 2.24) is 5.32 Å². The van der Waals surface area contributed by atoms with E-state index in [2.05, 4.69) is 41.4 Å². The van der Waals surface area contributed by atoms with Gasteiger partial charge < -0.3 is 10.2 Å². The SMILES string of the molecule is CC1CCN(c2ccc(C(C)NC(=O)CCc3c(Cl)cccc3Cl)cc2)CC1. The largest absolute Gasteiger partial charge is 0.372 e. The van der Waals surface area contributed by atoms with Crippen molar-refractivity contribution in [2.45, 2.75) is 45.6 Å². The Morgan fingerprint density at radius 2 is 1.71 bits per heavy atom. The molecular formula is C23H28Cl2N2O. The Balaban J connectivity index is 1.52. The first-order valence-electron chi connectivity index (χ1n) is 10.0. The van der Waals surface area contributed by atoms with Crippen molar-refractivity contribution in [2.24, 2.45) is 5.92 Å². The zero-order valence-corrected chi connectivity index (χ0v) is 18.1. The van der Waals surface area contributed by atoms with Crippen LogP contribution in [-0.2, 0) is 11.2 Å². The van der Waals surface area contributed by atoms with Crippen LogP contribution in [0.4, 0.5) is 5.69 Å². The molecule has 1 aliphatic heterocycles. The number of carbonyl (C=O) groups excluding carboxylic acids is 1. The van der Waals surface area contributed by atoms with Crippen molar-refractivity contribution in [1.29, 1.82) is 0 Å². The van der Waals surface area contributed by atoms with E-state index >= 15 is 0 Å². The van der Waals surface area contributed by atoms with Gasteiger partial charge in [-0.1, -0.05) is 48.3 Å². The summed E-state index contributed by atoms with van der Waals surface area (Å²) in [5.74, 6) is 0.823. The smallest absolute Gasteiger partial charge is 0.220 e. The Bertz CT molecular complexity index is 778. The number of carbonyl (C=O) groups is 1. The monoisotopic (exact) mass is 418 g/mol. The predicted molar refractivity (Wildman–Crippen MR) is 118 cm³/mol. The lowest BCUT2D eigenvalue weighted by Gasteiger charge is -2.32. The van der Waals surface area contributed by atoms with Gasteiger partial charge in [-0.3, -0.25) is 4.79 Å². The van der Waals surface area contributed by atoms with Gasteiger partial charge in [0.15, 0.2) is 0 Å². The van der Waals surface area contributed by atoms with E-state index in [0.29, 0.717) is 22.9 Å². The molecule has 1 unspecified atom stereocenters. The molecule has 3 rings (SSSR count). The fourth-order valence-corrected chi connectivity index (χ4v) is 4.23. The van der Waals surface area contributed by atoms with Crippen molar-refractivity contribution in [3.8, 4) is 0 Å². The van der Waals surface area contributed by atoms with Gasteiger partial charge in [-0.05, 0) is 67.5 Å². The Hall–Kier alpha value is -1.71. The van der Waals surface area contributed by atoms with Gasteiger partial charge in [0.2, 0.25) is 5.91 Å². The average molecular weight is 419 g/mol. The van der Waals surface area contributed by atoms with Crippen LogP contribution in [0.5, 0.6) is 0 Å². The molecule has 3 nitrogen and oxygen atoms in total. The summed E-state index contributed by atoms with van der Waals surface area (Å²) in [5, 5.41) is 4.29. The van der Waals surface area contributed by atoms with Crippen LogP contribution in [0.25, 0.3) is 0 Å². The third-order valence-corrected chi connectivity index (χ3v) is 6.29. The van der Waals surface area contributed by atoms with Crippen LogP contribution in [0.1, 0.15) is 50.3 Å². The number of nitrogens with zero attached hydrogens (tertiary/aromatic N) is 1. The molecule has 1 aliphatic rings. The molecule has 0 aromatic heterocycles. The number of halogens is 2. The predicted octanol–water partition coefficient (Wildman–Crippen LogP) is 6.04. The second-order valence-electron chi connectivity index (χ2n) is 7.75. The van der Waals surface area contributed by atoms with Gasteiger partial charge in [0.25, 0.3) is 0 Å². The van der Waals surface area contributed by atoms with E-state index in [1.807, 2.05) is 13.0 Å². The fraction of sp³-hybridized carbons (Fsp3) is 0.435. The van der Waals surface area contributed by atoms with E-state index in [1.165, 1.54) is 18.5 Å². The molecule has 5 heteroatoms. The van der Waals surface area contributed by atoms with Crippen LogP contribution < -0.4 is 10.2 Å². The molecule has 150 valence electrons. The Labute approximate surface area is 178 Å². The highest BCUT2D eigenvalue weighted by Gasteiger charge is 2.17. The van der Waals surface area contributed by atoms with Crippen molar-refractivity contribution < 1.29 is 4.79 Å². The highest BCUT2D eigenvalue weighted by atomic mass is 35.5. The zero-order valence-electron chi connectivity index (χ0n) is 16.6. The highest BCUT2D eigenvalue weighted by Crippen LogP contribution is 2.26. The van der Waals surface area contributed by atoms with E-state index in [-0.39, 0.29) is 11.9 Å². The summed E-state index contributed by atoms with van der Waals surface area (Å²) >= 11 is 12.4. The second-order valence-corrected chi connectivity index (χ2v) is 8.56. The van der Waals surface area contributed by atoms with E-state index in [4.69, 9.17) is 23.2 Å². The second kappa shape index (κ2) is 9.67. The zero-order chi connectivity index (χ0) is 20.1. The molecule has 28 heavy (non-hydrogen) atoms. The first-order chi connectivity index (χ1) is 13.4. The number of rotatable bonds is 6. The summed E-state index contributed by atoms with van der Waals surface area (Å²) in [6, 6.07) is 13.9. The molecule has 2 aromatic carbocycles. The quantitative estimate of drug-likeness (QED) is 0.619. The number of piperidine rings is 1. The van der Waals surface area contributed by atoms with Crippen LogP contribution in [0.3, 0.4) is 0 Å². The van der Waals surface area contributed by atoms with Gasteiger partial charge in [-0.15, -0.1) is 0 Å². The van der Waals surface area contributed by atoms with Crippen LogP contribution in [0.2, 0.25) is 10.0 Å². The number of nitrogens with one attached hydrogen (secondary N) is 1. The maximum atomic E-state index is 12.4. The Morgan fingerprint density at radius 3 is 2.32 bits per heavy atom. The molecule has 0 saturated carbocycles. The summed E-state index contributed by atoms with van der Waals surface area (Å²) in [6.07, 6.45) is 3.40. The van der Waals surface area contributed by atoms with E-state index in [9.17, 15) is 4.79 Å². The number of benzene rings is 2. The molecular weight excluding hydrogens is 391 g/mol. The van der Waals surface area contributed by atoms with Crippen LogP contribution >= 0.6 is 23.2 Å². The summed E-state index contributed by atoms with van der Waals surface area (Å²) in [4.78, 5) is 14.8. The fourth-order valence-electron chi connectivity index (χ4n) is 3.65. The molecule has 1 amide bonds. The first-order valence-corrected chi connectivity index (χ1v) is 10.8. The summed E-state index contributed by atoms with van der Waals surface area (Å²) < 4.78 is 0. The molecule has 0 aliphatic carbocycles. The minimum Gasteiger partial charge on any atom is -0.372 e. The van der Waals surface area contributed by atoms with Crippen molar-refractivity contribution in [2.75, 3.05) is 18.0 Å². The third-order valence-electron chi connectivity index (χ3n) is 5.58. The lowest BCUT2D eigenvalue weighted by Crippen LogP contribution is -2.32. The number of anilines is 1. The van der Waals surface area contributed by atoms with E-state index < -0.39 is 0 Å². The molecule has 1 N–H and O–H groups in total. The molecule has 1 saturated heterocycles. The van der Waals surface area contributed by atoms with Gasteiger partial charge >= 0.3 is 0 Å². The van der Waals surface area contributed by atoms with Crippen molar-refractivity contribution >= 4 is 34.8 Å². The minimum absolute atomic E-state index is 0.00224. The summed E-state index contributed by atoms with van der Waals surface area (Å²) in [6.45, 7) is 6.58. The molecule has 2 aromatic rings. The van der Waals surface area contributed by atoms with E-state index in [0.717, 1.165) is 30.1 Å². The van der Waals surface area contributed by atoms with Crippen LogP contribution in [0.15, 0.2) is 42.5 Å². The number of amides is 1. The van der Waals surface area contributed by atoms with Gasteiger partial charge in [0.05, 0.1) is 6.04 Å². The summed E-state index contributed by atoms with van der Waals surface area (Å²) in [5.41, 5.74) is 3.20. The molecule has 0 radical (unpaired) electrons. The standard InChI is InChI=1S/C23H28Cl2N2O/c1-16-12-14-27(15-13-16)19-8-6-18(7-9-19)17(2)26-23(28)11-10-20-21(24)4-3-5-22(20)25/h3-9,16-17H,10-15H2,1-2H3,(H,26,28). The maximum absolute atomic E-state index is 12.4. The van der Waals surface area contributed by atoms with E-state index in [1.54, 1.807) is 12.1 Å². The molecule has 1 heterocycles. The Kier molecular flexibility index (Phi) is 7.25. The Morgan fingerprint density at radius 1 is 1.11 bits per heavy atom. The van der Waals surface area contributed by atoms with Crippen LogP contribution in [-0.4, -0.2) is 19.0 Å². The number of hydrogen-bond acceptors (Lipinski definition) is 2. The third kappa shape index (κ3) is 5.42. The lowest BCUT2D eigenvalue weighted by molar-refractivity contribution is -0.121. The highest BCUT2D eigenvalue weighted by molar-refractivity contribution is 6.36. The maximum Gasteiger partial charge on any atom is 0.220 e. The minimum atomic E-state index is -0.0374. The molecule has 1 atom stereocenters. The lowest BCUT2D eigenvalue weighted by atomic mass is 9.98.